The van der Waals surface area contributed by atoms with E-state index in [9.17, 15) is 5.26 Å². The monoisotopic (exact) mass is 443 g/mol. The molecular formula is C13H8Br3N3. The second-order valence-electron chi connectivity index (χ2n) is 3.74. The highest BCUT2D eigenvalue weighted by Gasteiger charge is 2.15. The first kappa shape index (κ1) is 14.5. The normalized spacial score (nSPS) is 11.7. The molecule has 1 aromatic carbocycles. The topological polar surface area (TPSA) is 48.7 Å². The smallest absolute Gasteiger partial charge is 0.158 e. The zero-order valence-electron chi connectivity index (χ0n) is 9.57. The molecule has 0 saturated carbocycles. The van der Waals surface area contributed by atoms with Crippen molar-refractivity contribution in [1.82, 2.24) is 4.98 Å². The van der Waals surface area contributed by atoms with Crippen LogP contribution < -0.4 is 5.32 Å². The number of hydrogen-bond acceptors (Lipinski definition) is 3. The largest absolute Gasteiger partial charge is 0.365 e. The minimum absolute atomic E-state index is 0.517. The summed E-state index contributed by atoms with van der Waals surface area (Å²) in [7, 11) is 0. The van der Waals surface area contributed by atoms with Crippen molar-refractivity contribution in [3.05, 3.63) is 55.6 Å². The van der Waals surface area contributed by atoms with Crippen molar-refractivity contribution < 1.29 is 0 Å². The predicted molar refractivity (Wildman–Crippen MR) is 85.8 cm³/mol. The van der Waals surface area contributed by atoms with Crippen molar-refractivity contribution >= 4 is 53.5 Å². The number of benzene rings is 1. The molecule has 1 aromatic heterocycles. The van der Waals surface area contributed by atoms with Crippen LogP contribution in [-0.2, 0) is 0 Å². The van der Waals surface area contributed by atoms with Crippen LogP contribution in [0.15, 0.2) is 49.9 Å². The van der Waals surface area contributed by atoms with Gasteiger partial charge >= 0.3 is 0 Å². The molecular weight excluding hydrogens is 438 g/mol. The van der Waals surface area contributed by atoms with E-state index < -0.39 is 6.04 Å². The lowest BCUT2D eigenvalue weighted by Gasteiger charge is -2.14. The number of nitrogens with zero attached hydrogens (tertiary/aromatic N) is 2. The first-order valence-electron chi connectivity index (χ1n) is 5.33. The van der Waals surface area contributed by atoms with Gasteiger partial charge in [0.1, 0.15) is 0 Å². The van der Waals surface area contributed by atoms with Crippen LogP contribution in [0.2, 0.25) is 0 Å². The number of nitrogens with one attached hydrogen (secondary N) is 1. The summed E-state index contributed by atoms with van der Waals surface area (Å²) in [6.45, 7) is 0. The van der Waals surface area contributed by atoms with Gasteiger partial charge in [0, 0.05) is 25.3 Å². The third-order valence-corrected chi connectivity index (χ3v) is 3.94. The maximum Gasteiger partial charge on any atom is 0.158 e. The van der Waals surface area contributed by atoms with Crippen LogP contribution in [0.25, 0.3) is 0 Å². The van der Waals surface area contributed by atoms with E-state index >= 15 is 0 Å². The van der Waals surface area contributed by atoms with Gasteiger partial charge in [0.05, 0.1) is 11.8 Å². The molecule has 0 spiro atoms. The Morgan fingerprint density at radius 1 is 1.16 bits per heavy atom. The Kier molecular flexibility index (Phi) is 4.97. The highest BCUT2D eigenvalue weighted by molar-refractivity contribution is 9.11. The fraction of sp³-hybridized carbons (Fsp3) is 0.0769. The molecule has 0 aliphatic rings. The first-order chi connectivity index (χ1) is 9.10. The van der Waals surface area contributed by atoms with Gasteiger partial charge < -0.3 is 5.32 Å². The molecule has 0 fully saturated rings. The Balaban J connectivity index is 2.28. The van der Waals surface area contributed by atoms with E-state index in [-0.39, 0.29) is 0 Å². The van der Waals surface area contributed by atoms with E-state index in [4.69, 9.17) is 0 Å². The van der Waals surface area contributed by atoms with Crippen LogP contribution in [0.4, 0.5) is 5.69 Å². The fourth-order valence-corrected chi connectivity index (χ4v) is 3.16. The lowest BCUT2D eigenvalue weighted by Crippen LogP contribution is -2.11. The maximum atomic E-state index is 9.31. The van der Waals surface area contributed by atoms with Gasteiger partial charge in [-0.1, -0.05) is 22.0 Å². The average Bonchev–Trinajstić information content (AvgIpc) is 2.37. The second-order valence-corrected chi connectivity index (χ2v) is 6.42. The predicted octanol–water partition coefficient (Wildman–Crippen LogP) is 5.05. The number of halogens is 3. The van der Waals surface area contributed by atoms with E-state index in [1.54, 1.807) is 6.20 Å². The van der Waals surface area contributed by atoms with Crippen molar-refractivity contribution in [3.8, 4) is 6.07 Å². The van der Waals surface area contributed by atoms with E-state index in [0.717, 1.165) is 19.1 Å². The molecule has 1 N–H and O–H groups in total. The summed E-state index contributed by atoms with van der Waals surface area (Å²) in [5, 5.41) is 12.5. The Hall–Kier alpha value is -0.900. The third kappa shape index (κ3) is 3.78. The molecule has 3 nitrogen and oxygen atoms in total. The highest BCUT2D eigenvalue weighted by atomic mass is 79.9. The number of anilines is 1. The number of nitriles is 1. The Morgan fingerprint density at radius 3 is 2.58 bits per heavy atom. The summed E-state index contributed by atoms with van der Waals surface area (Å²) in [4.78, 5) is 4.28. The molecule has 0 aliphatic carbocycles. The molecule has 6 heteroatoms. The molecule has 2 aromatic rings. The molecule has 1 heterocycles. The Morgan fingerprint density at radius 2 is 1.95 bits per heavy atom. The van der Waals surface area contributed by atoms with Crippen LogP contribution in [0, 0.1) is 11.3 Å². The molecule has 19 heavy (non-hydrogen) atoms. The van der Waals surface area contributed by atoms with Crippen molar-refractivity contribution in [2.24, 2.45) is 0 Å². The highest BCUT2D eigenvalue weighted by Crippen LogP contribution is 2.27. The number of aromatic nitrogens is 1. The summed E-state index contributed by atoms with van der Waals surface area (Å²) < 4.78 is 2.61. The molecule has 1 atom stereocenters. The summed E-state index contributed by atoms with van der Waals surface area (Å²) in [5.41, 5.74) is 1.52. The molecule has 0 aliphatic heterocycles. The summed E-state index contributed by atoms with van der Waals surface area (Å²) in [5.74, 6) is 0. The van der Waals surface area contributed by atoms with Gasteiger partial charge in [0.25, 0.3) is 0 Å². The lowest BCUT2D eigenvalue weighted by atomic mass is 10.2. The minimum atomic E-state index is -0.517. The standard InChI is InChI=1S/C13H8Br3N3/c14-8-2-1-3-10(4-8)19-12(6-17)13-11(16)5-9(15)7-18-13/h1-5,7,12,19H. The van der Waals surface area contributed by atoms with Gasteiger partial charge in [-0.05, 0) is 56.1 Å². The van der Waals surface area contributed by atoms with Gasteiger partial charge in [0.15, 0.2) is 6.04 Å². The number of pyridine rings is 1. The van der Waals surface area contributed by atoms with Crippen LogP contribution >= 0.6 is 47.8 Å². The van der Waals surface area contributed by atoms with Crippen LogP contribution in [0.3, 0.4) is 0 Å². The van der Waals surface area contributed by atoms with E-state index in [2.05, 4.69) is 64.2 Å². The quantitative estimate of drug-likeness (QED) is 0.719. The van der Waals surface area contributed by atoms with E-state index in [0.29, 0.717) is 5.69 Å². The molecule has 0 radical (unpaired) electrons. The molecule has 0 saturated heterocycles. The minimum Gasteiger partial charge on any atom is -0.365 e. The molecule has 0 amide bonds. The van der Waals surface area contributed by atoms with Crippen molar-refractivity contribution in [1.29, 1.82) is 5.26 Å². The van der Waals surface area contributed by atoms with E-state index in [1.807, 2.05) is 30.3 Å². The summed E-state index contributed by atoms with van der Waals surface area (Å²) in [6, 6.07) is 11.2. The van der Waals surface area contributed by atoms with Gasteiger partial charge in [-0.2, -0.15) is 5.26 Å². The lowest BCUT2D eigenvalue weighted by molar-refractivity contribution is 0.922. The summed E-state index contributed by atoms with van der Waals surface area (Å²) >= 11 is 10.2. The zero-order chi connectivity index (χ0) is 13.8. The van der Waals surface area contributed by atoms with Gasteiger partial charge in [-0.15, -0.1) is 0 Å². The van der Waals surface area contributed by atoms with Gasteiger partial charge in [-0.25, -0.2) is 0 Å². The van der Waals surface area contributed by atoms with Crippen LogP contribution in [0.1, 0.15) is 11.7 Å². The van der Waals surface area contributed by atoms with Gasteiger partial charge in [-0.3, -0.25) is 4.98 Å². The molecule has 2 rings (SSSR count). The fourth-order valence-electron chi connectivity index (χ4n) is 1.54. The van der Waals surface area contributed by atoms with Crippen LogP contribution in [0.5, 0.6) is 0 Å². The number of rotatable bonds is 3. The summed E-state index contributed by atoms with van der Waals surface area (Å²) in [6.07, 6.45) is 1.67. The van der Waals surface area contributed by atoms with Crippen LogP contribution in [-0.4, -0.2) is 4.98 Å². The molecule has 0 bridgehead atoms. The first-order valence-corrected chi connectivity index (χ1v) is 7.70. The van der Waals surface area contributed by atoms with Crippen molar-refractivity contribution in [2.75, 3.05) is 5.32 Å². The maximum absolute atomic E-state index is 9.31. The van der Waals surface area contributed by atoms with E-state index in [1.165, 1.54) is 0 Å². The number of hydrogen-bond donors (Lipinski definition) is 1. The second kappa shape index (κ2) is 6.51. The molecule has 1 unspecified atom stereocenters. The SMILES string of the molecule is N#CC(Nc1cccc(Br)c1)c1ncc(Br)cc1Br. The third-order valence-electron chi connectivity index (χ3n) is 2.37. The average molecular weight is 446 g/mol. The van der Waals surface area contributed by atoms with Gasteiger partial charge in [0.2, 0.25) is 0 Å². The Labute approximate surface area is 136 Å². The Bertz CT molecular complexity index is 637. The van der Waals surface area contributed by atoms with Crippen molar-refractivity contribution in [3.63, 3.8) is 0 Å². The van der Waals surface area contributed by atoms with Crippen molar-refractivity contribution in [2.45, 2.75) is 6.04 Å². The zero-order valence-corrected chi connectivity index (χ0v) is 14.3. The molecule has 96 valence electrons.